The lowest BCUT2D eigenvalue weighted by Crippen LogP contribution is -1.97. The van der Waals surface area contributed by atoms with Gasteiger partial charge in [0.2, 0.25) is 0 Å². The van der Waals surface area contributed by atoms with Crippen molar-refractivity contribution in [2.24, 2.45) is 0 Å². The summed E-state index contributed by atoms with van der Waals surface area (Å²) in [5.74, 6) is 0.808. The Morgan fingerprint density at radius 3 is 2.63 bits per heavy atom. The summed E-state index contributed by atoms with van der Waals surface area (Å²) in [6.07, 6.45) is 0.729. The van der Waals surface area contributed by atoms with Gasteiger partial charge >= 0.3 is 0 Å². The number of benzene rings is 2. The molecule has 1 unspecified atom stereocenters. The predicted octanol–water partition coefficient (Wildman–Crippen LogP) is 5.63. The zero-order valence-electron chi connectivity index (χ0n) is 10.4. The quantitative estimate of drug-likeness (QED) is 0.642. The first kappa shape index (κ1) is 14.7. The van der Waals surface area contributed by atoms with Crippen molar-refractivity contribution in [1.82, 2.24) is 0 Å². The molecule has 0 spiro atoms. The van der Waals surface area contributed by atoms with Crippen LogP contribution in [0.2, 0.25) is 5.02 Å². The number of hydrogen-bond acceptors (Lipinski definition) is 1. The Hall–Kier alpha value is -0.700. The van der Waals surface area contributed by atoms with Crippen molar-refractivity contribution in [2.75, 3.05) is 7.11 Å². The highest BCUT2D eigenvalue weighted by Crippen LogP contribution is 2.33. The van der Waals surface area contributed by atoms with Crippen LogP contribution >= 0.6 is 39.1 Å². The van der Waals surface area contributed by atoms with E-state index >= 15 is 0 Å². The third-order valence-electron chi connectivity index (χ3n) is 2.85. The molecular formula is C15H13BrCl2O. The standard InChI is InChI=1S/C15H13BrCl2O/c1-19-12-5-6-13(14(16)9-12)15(18)8-10-3-2-4-11(17)7-10/h2-7,9,15H,8H2,1H3. The van der Waals surface area contributed by atoms with Crippen molar-refractivity contribution in [3.63, 3.8) is 0 Å². The molecule has 0 saturated heterocycles. The van der Waals surface area contributed by atoms with E-state index in [2.05, 4.69) is 15.9 Å². The number of rotatable bonds is 4. The molecule has 4 heteroatoms. The van der Waals surface area contributed by atoms with E-state index in [9.17, 15) is 0 Å². The highest BCUT2D eigenvalue weighted by atomic mass is 79.9. The van der Waals surface area contributed by atoms with Gasteiger partial charge in [-0.3, -0.25) is 0 Å². The van der Waals surface area contributed by atoms with Gasteiger partial charge in [-0.1, -0.05) is 45.7 Å². The molecule has 19 heavy (non-hydrogen) atoms. The minimum absolute atomic E-state index is 0.112. The zero-order valence-corrected chi connectivity index (χ0v) is 13.5. The first-order valence-corrected chi connectivity index (χ1v) is 7.43. The first-order valence-electron chi connectivity index (χ1n) is 5.82. The fourth-order valence-electron chi connectivity index (χ4n) is 1.87. The highest BCUT2D eigenvalue weighted by molar-refractivity contribution is 9.10. The Balaban J connectivity index is 2.18. The van der Waals surface area contributed by atoms with E-state index in [1.165, 1.54) is 0 Å². The van der Waals surface area contributed by atoms with E-state index < -0.39 is 0 Å². The summed E-state index contributed by atoms with van der Waals surface area (Å²) in [5, 5.41) is 0.619. The lowest BCUT2D eigenvalue weighted by molar-refractivity contribution is 0.414. The van der Waals surface area contributed by atoms with E-state index in [0.29, 0.717) is 0 Å². The summed E-state index contributed by atoms with van der Waals surface area (Å²) < 4.78 is 6.13. The zero-order chi connectivity index (χ0) is 13.8. The molecule has 2 rings (SSSR count). The molecule has 1 atom stereocenters. The maximum Gasteiger partial charge on any atom is 0.120 e. The van der Waals surface area contributed by atoms with Crippen LogP contribution in [-0.2, 0) is 6.42 Å². The average molecular weight is 360 g/mol. The largest absolute Gasteiger partial charge is 0.497 e. The van der Waals surface area contributed by atoms with Crippen molar-refractivity contribution in [2.45, 2.75) is 11.8 Å². The van der Waals surface area contributed by atoms with Crippen LogP contribution in [0.15, 0.2) is 46.9 Å². The highest BCUT2D eigenvalue weighted by Gasteiger charge is 2.13. The Kier molecular flexibility index (Phi) is 5.14. The van der Waals surface area contributed by atoms with Gasteiger partial charge in [0, 0.05) is 9.50 Å². The van der Waals surface area contributed by atoms with E-state index in [1.54, 1.807) is 7.11 Å². The second kappa shape index (κ2) is 6.65. The minimum atomic E-state index is -0.112. The fraction of sp³-hybridized carbons (Fsp3) is 0.200. The van der Waals surface area contributed by atoms with Crippen LogP contribution < -0.4 is 4.74 Å². The molecule has 1 nitrogen and oxygen atoms in total. The van der Waals surface area contributed by atoms with Crippen molar-refractivity contribution < 1.29 is 4.74 Å². The normalized spacial score (nSPS) is 12.2. The molecule has 0 aliphatic carbocycles. The Bertz CT molecular complexity index is 572. The van der Waals surface area contributed by atoms with Gasteiger partial charge in [0.15, 0.2) is 0 Å². The molecule has 0 amide bonds. The van der Waals surface area contributed by atoms with Crippen molar-refractivity contribution in [3.05, 3.63) is 63.1 Å². The third-order valence-corrected chi connectivity index (χ3v) is 4.16. The number of halogens is 3. The molecular weight excluding hydrogens is 347 g/mol. The molecule has 2 aromatic carbocycles. The maximum atomic E-state index is 6.48. The molecule has 0 radical (unpaired) electrons. The topological polar surface area (TPSA) is 9.23 Å². The number of alkyl halides is 1. The van der Waals surface area contributed by atoms with Crippen LogP contribution in [0.5, 0.6) is 5.75 Å². The van der Waals surface area contributed by atoms with E-state index in [-0.39, 0.29) is 5.38 Å². The summed E-state index contributed by atoms with van der Waals surface area (Å²) in [4.78, 5) is 0. The lowest BCUT2D eigenvalue weighted by Gasteiger charge is -2.13. The summed E-state index contributed by atoms with van der Waals surface area (Å²) in [6, 6.07) is 13.6. The minimum Gasteiger partial charge on any atom is -0.497 e. The summed E-state index contributed by atoms with van der Waals surface area (Å²) in [5.41, 5.74) is 2.16. The van der Waals surface area contributed by atoms with Crippen molar-refractivity contribution >= 4 is 39.1 Å². The second-order valence-corrected chi connectivity index (χ2v) is 6.01. The number of methoxy groups -OCH3 is 1. The molecule has 0 aromatic heterocycles. The fourth-order valence-corrected chi connectivity index (χ4v) is 3.22. The molecule has 0 N–H and O–H groups in total. The van der Waals surface area contributed by atoms with Gasteiger partial charge in [-0.25, -0.2) is 0 Å². The monoisotopic (exact) mass is 358 g/mol. The van der Waals surface area contributed by atoms with Crippen LogP contribution in [0.4, 0.5) is 0 Å². The van der Waals surface area contributed by atoms with E-state index in [0.717, 1.165) is 32.8 Å². The second-order valence-electron chi connectivity index (χ2n) is 4.19. The Labute approximate surface area is 131 Å². The molecule has 0 aliphatic heterocycles. The Morgan fingerprint density at radius 2 is 2.00 bits per heavy atom. The third kappa shape index (κ3) is 3.88. The molecule has 0 aliphatic rings. The summed E-state index contributed by atoms with van der Waals surface area (Å²) in [6.45, 7) is 0. The van der Waals surface area contributed by atoms with Crippen LogP contribution in [0.3, 0.4) is 0 Å². The Morgan fingerprint density at radius 1 is 1.21 bits per heavy atom. The maximum absolute atomic E-state index is 6.48. The first-order chi connectivity index (χ1) is 9.10. The molecule has 0 heterocycles. The van der Waals surface area contributed by atoms with Crippen molar-refractivity contribution in [3.8, 4) is 5.75 Å². The number of ether oxygens (including phenoxy) is 1. The molecule has 0 saturated carbocycles. The van der Waals surface area contributed by atoms with Gasteiger partial charge in [0.05, 0.1) is 12.5 Å². The van der Waals surface area contributed by atoms with Gasteiger partial charge < -0.3 is 4.74 Å². The van der Waals surface area contributed by atoms with E-state index in [4.69, 9.17) is 27.9 Å². The van der Waals surface area contributed by atoms with Crippen LogP contribution in [0.1, 0.15) is 16.5 Å². The van der Waals surface area contributed by atoms with Gasteiger partial charge in [0.1, 0.15) is 5.75 Å². The van der Waals surface area contributed by atoms with E-state index in [1.807, 2.05) is 42.5 Å². The molecule has 2 aromatic rings. The average Bonchev–Trinajstić information content (AvgIpc) is 2.38. The SMILES string of the molecule is COc1ccc(C(Cl)Cc2cccc(Cl)c2)c(Br)c1. The molecule has 100 valence electrons. The summed E-state index contributed by atoms with van der Waals surface area (Å²) in [7, 11) is 1.64. The van der Waals surface area contributed by atoms with Gasteiger partial charge in [0.25, 0.3) is 0 Å². The number of hydrogen-bond donors (Lipinski definition) is 0. The molecule has 0 bridgehead atoms. The van der Waals surface area contributed by atoms with Crippen LogP contribution in [-0.4, -0.2) is 7.11 Å². The summed E-state index contributed by atoms with van der Waals surface area (Å²) >= 11 is 16.0. The van der Waals surface area contributed by atoms with Crippen LogP contribution in [0, 0.1) is 0 Å². The molecule has 0 fully saturated rings. The predicted molar refractivity (Wildman–Crippen MR) is 84.4 cm³/mol. The van der Waals surface area contributed by atoms with Gasteiger partial charge in [-0.15, -0.1) is 11.6 Å². The van der Waals surface area contributed by atoms with Gasteiger partial charge in [-0.05, 0) is 41.8 Å². The van der Waals surface area contributed by atoms with Gasteiger partial charge in [-0.2, -0.15) is 0 Å². The lowest BCUT2D eigenvalue weighted by atomic mass is 10.0. The van der Waals surface area contributed by atoms with Crippen LogP contribution in [0.25, 0.3) is 0 Å². The smallest absolute Gasteiger partial charge is 0.120 e. The van der Waals surface area contributed by atoms with Crippen molar-refractivity contribution in [1.29, 1.82) is 0 Å².